The Balaban J connectivity index is 1.63. The van der Waals surface area contributed by atoms with E-state index in [1.54, 1.807) is 18.2 Å². The van der Waals surface area contributed by atoms with Gasteiger partial charge in [0.25, 0.3) is 0 Å². The van der Waals surface area contributed by atoms with Crippen LogP contribution in [0.1, 0.15) is 27.7 Å². The van der Waals surface area contributed by atoms with Crippen molar-refractivity contribution in [1.82, 2.24) is 10.2 Å². The summed E-state index contributed by atoms with van der Waals surface area (Å²) in [6, 6.07) is 15.2. The first-order valence-electron chi connectivity index (χ1n) is 7.55. The second-order valence-corrected chi connectivity index (χ2v) is 5.84. The van der Waals surface area contributed by atoms with Crippen LogP contribution in [0.2, 0.25) is 5.02 Å². The van der Waals surface area contributed by atoms with Gasteiger partial charge in [-0.1, -0.05) is 41.9 Å². The molecule has 122 valence electrons. The number of nitrogens with zero attached hydrogens (tertiary/aromatic N) is 2. The molecule has 0 saturated carbocycles. The van der Waals surface area contributed by atoms with Crippen LogP contribution in [0.3, 0.4) is 0 Å². The van der Waals surface area contributed by atoms with Crippen molar-refractivity contribution in [2.45, 2.75) is 19.8 Å². The van der Waals surface area contributed by atoms with Gasteiger partial charge in [0.05, 0.1) is 0 Å². The van der Waals surface area contributed by atoms with Gasteiger partial charge in [0, 0.05) is 17.1 Å². The first-order valence-corrected chi connectivity index (χ1v) is 7.93. The van der Waals surface area contributed by atoms with Crippen LogP contribution in [0.4, 0.5) is 5.69 Å². The van der Waals surface area contributed by atoms with Gasteiger partial charge in [-0.05, 0) is 42.7 Å². The highest BCUT2D eigenvalue weighted by Gasteiger charge is 2.16. The van der Waals surface area contributed by atoms with Crippen molar-refractivity contribution >= 4 is 23.2 Å². The Hall–Kier alpha value is -2.66. The third-order valence-corrected chi connectivity index (χ3v) is 3.80. The van der Waals surface area contributed by atoms with Gasteiger partial charge in [-0.15, -0.1) is 10.2 Å². The number of hydrogen-bond acceptors (Lipinski definition) is 4. The number of aromatic nitrogens is 2. The SMILES string of the molecule is Cc1cc(Cl)ccc1NC(=O)c1nnc(CCc2ccccc2)o1. The fraction of sp³-hybridized carbons (Fsp3) is 0.167. The molecule has 0 unspecified atom stereocenters. The van der Waals surface area contributed by atoms with E-state index >= 15 is 0 Å². The zero-order valence-corrected chi connectivity index (χ0v) is 13.9. The molecule has 0 aliphatic carbocycles. The molecule has 0 spiro atoms. The van der Waals surface area contributed by atoms with Crippen LogP contribution in [-0.4, -0.2) is 16.1 Å². The van der Waals surface area contributed by atoms with Gasteiger partial charge in [0.1, 0.15) is 0 Å². The number of amides is 1. The average Bonchev–Trinajstić information content (AvgIpc) is 3.05. The number of carbonyl (C=O) groups excluding carboxylic acids is 1. The lowest BCUT2D eigenvalue weighted by Gasteiger charge is -2.06. The molecule has 2 aromatic carbocycles. The third-order valence-electron chi connectivity index (χ3n) is 3.57. The average molecular weight is 342 g/mol. The van der Waals surface area contributed by atoms with Crippen LogP contribution < -0.4 is 5.32 Å². The van der Waals surface area contributed by atoms with Gasteiger partial charge in [0.15, 0.2) is 0 Å². The highest BCUT2D eigenvalue weighted by Crippen LogP contribution is 2.20. The molecular weight excluding hydrogens is 326 g/mol. The van der Waals surface area contributed by atoms with Gasteiger partial charge in [0.2, 0.25) is 5.89 Å². The Labute approximate surface area is 144 Å². The fourth-order valence-electron chi connectivity index (χ4n) is 2.29. The van der Waals surface area contributed by atoms with Crippen molar-refractivity contribution in [3.63, 3.8) is 0 Å². The summed E-state index contributed by atoms with van der Waals surface area (Å²) in [4.78, 5) is 12.2. The molecule has 1 N–H and O–H groups in total. The monoisotopic (exact) mass is 341 g/mol. The van der Waals surface area contributed by atoms with E-state index in [0.717, 1.165) is 12.0 Å². The van der Waals surface area contributed by atoms with Gasteiger partial charge in [-0.3, -0.25) is 4.79 Å². The normalized spacial score (nSPS) is 10.6. The second-order valence-electron chi connectivity index (χ2n) is 5.40. The molecule has 0 fully saturated rings. The Bertz CT molecular complexity index is 846. The molecule has 3 aromatic rings. The number of anilines is 1. The molecule has 1 aromatic heterocycles. The molecular formula is C18H16ClN3O2. The van der Waals surface area contributed by atoms with E-state index in [1.165, 1.54) is 5.56 Å². The quantitative estimate of drug-likeness (QED) is 0.759. The molecule has 3 rings (SSSR count). The van der Waals surface area contributed by atoms with E-state index in [2.05, 4.69) is 15.5 Å². The number of nitrogens with one attached hydrogen (secondary N) is 1. The summed E-state index contributed by atoms with van der Waals surface area (Å²) >= 11 is 5.91. The molecule has 6 heteroatoms. The zero-order valence-electron chi connectivity index (χ0n) is 13.1. The highest BCUT2D eigenvalue weighted by atomic mass is 35.5. The summed E-state index contributed by atoms with van der Waals surface area (Å²) in [5.74, 6) is -0.0388. The number of rotatable bonds is 5. The largest absolute Gasteiger partial charge is 0.417 e. The highest BCUT2D eigenvalue weighted by molar-refractivity contribution is 6.30. The van der Waals surface area contributed by atoms with Crippen molar-refractivity contribution < 1.29 is 9.21 Å². The number of aryl methyl sites for hydroxylation is 3. The number of benzene rings is 2. The summed E-state index contributed by atoms with van der Waals surface area (Å²) in [7, 11) is 0. The number of halogens is 1. The van der Waals surface area contributed by atoms with E-state index in [-0.39, 0.29) is 5.89 Å². The standard InChI is InChI=1S/C18H16ClN3O2/c1-12-11-14(19)8-9-15(12)20-17(23)18-22-21-16(24-18)10-7-13-5-3-2-4-6-13/h2-6,8-9,11H,7,10H2,1H3,(H,20,23). The number of carbonyl (C=O) groups is 1. The Morgan fingerprint density at radius 3 is 2.67 bits per heavy atom. The van der Waals surface area contributed by atoms with Crippen LogP contribution >= 0.6 is 11.6 Å². The first kappa shape index (κ1) is 16.2. The van der Waals surface area contributed by atoms with E-state index < -0.39 is 5.91 Å². The fourth-order valence-corrected chi connectivity index (χ4v) is 2.51. The van der Waals surface area contributed by atoms with Crippen LogP contribution in [0.25, 0.3) is 0 Å². The van der Waals surface area contributed by atoms with Crippen LogP contribution in [-0.2, 0) is 12.8 Å². The van der Waals surface area contributed by atoms with Gasteiger partial charge >= 0.3 is 11.8 Å². The van der Waals surface area contributed by atoms with Crippen molar-refractivity contribution in [3.05, 3.63) is 76.5 Å². The van der Waals surface area contributed by atoms with Gasteiger partial charge < -0.3 is 9.73 Å². The summed E-state index contributed by atoms with van der Waals surface area (Å²) in [6.45, 7) is 1.86. The molecule has 24 heavy (non-hydrogen) atoms. The van der Waals surface area contributed by atoms with E-state index in [9.17, 15) is 4.79 Å². The molecule has 0 radical (unpaired) electrons. The molecule has 5 nitrogen and oxygen atoms in total. The maximum absolute atomic E-state index is 12.2. The maximum Gasteiger partial charge on any atom is 0.313 e. The first-order chi connectivity index (χ1) is 11.6. The summed E-state index contributed by atoms with van der Waals surface area (Å²) in [5, 5.41) is 11.1. The Morgan fingerprint density at radius 2 is 1.92 bits per heavy atom. The van der Waals surface area contributed by atoms with Gasteiger partial charge in [-0.25, -0.2) is 0 Å². The Kier molecular flexibility index (Phi) is 4.91. The molecule has 0 saturated heterocycles. The lowest BCUT2D eigenvalue weighted by Crippen LogP contribution is -2.13. The molecule has 1 amide bonds. The van der Waals surface area contributed by atoms with E-state index in [4.69, 9.17) is 16.0 Å². The van der Waals surface area contributed by atoms with Gasteiger partial charge in [-0.2, -0.15) is 0 Å². The van der Waals surface area contributed by atoms with Crippen molar-refractivity contribution in [2.24, 2.45) is 0 Å². The van der Waals surface area contributed by atoms with Crippen molar-refractivity contribution in [1.29, 1.82) is 0 Å². The Morgan fingerprint density at radius 1 is 1.12 bits per heavy atom. The minimum atomic E-state index is -0.432. The molecule has 0 bridgehead atoms. The zero-order chi connectivity index (χ0) is 16.9. The smallest absolute Gasteiger partial charge is 0.313 e. The summed E-state index contributed by atoms with van der Waals surface area (Å²) in [5.41, 5.74) is 2.70. The van der Waals surface area contributed by atoms with E-state index in [1.807, 2.05) is 37.3 Å². The molecule has 0 aliphatic rings. The van der Waals surface area contributed by atoms with Crippen LogP contribution in [0.5, 0.6) is 0 Å². The van der Waals surface area contributed by atoms with Crippen molar-refractivity contribution in [2.75, 3.05) is 5.32 Å². The van der Waals surface area contributed by atoms with Crippen LogP contribution in [0, 0.1) is 6.92 Å². The predicted molar refractivity (Wildman–Crippen MR) is 92.3 cm³/mol. The summed E-state index contributed by atoms with van der Waals surface area (Å²) in [6.07, 6.45) is 1.37. The lowest BCUT2D eigenvalue weighted by atomic mass is 10.1. The third kappa shape index (κ3) is 4.00. The second kappa shape index (κ2) is 7.27. The minimum Gasteiger partial charge on any atom is -0.417 e. The lowest BCUT2D eigenvalue weighted by molar-refractivity contribution is 0.0988. The predicted octanol–water partition coefficient (Wildman–Crippen LogP) is 4.07. The van der Waals surface area contributed by atoms with Crippen LogP contribution in [0.15, 0.2) is 52.9 Å². The topological polar surface area (TPSA) is 68.0 Å². The number of hydrogen-bond donors (Lipinski definition) is 1. The molecule has 0 aliphatic heterocycles. The van der Waals surface area contributed by atoms with E-state index in [0.29, 0.717) is 23.0 Å². The summed E-state index contributed by atoms with van der Waals surface area (Å²) < 4.78 is 5.44. The molecule has 1 heterocycles. The van der Waals surface area contributed by atoms with Crippen molar-refractivity contribution in [3.8, 4) is 0 Å². The maximum atomic E-state index is 12.2. The minimum absolute atomic E-state index is 0.0487. The molecule has 0 atom stereocenters.